The predicted octanol–water partition coefficient (Wildman–Crippen LogP) is 2.82. The fraction of sp³-hybridized carbons (Fsp3) is 0.579. The molecular formula is C19H28FIN4O. The van der Waals surface area contributed by atoms with Crippen LogP contribution in [-0.2, 0) is 11.3 Å². The Bertz CT molecular complexity index is 682. The van der Waals surface area contributed by atoms with Gasteiger partial charge in [-0.15, -0.1) is 24.0 Å². The summed E-state index contributed by atoms with van der Waals surface area (Å²) in [5, 5.41) is 6.34. The highest BCUT2D eigenvalue weighted by molar-refractivity contribution is 14.0. The summed E-state index contributed by atoms with van der Waals surface area (Å²) in [5.41, 5.74) is 1.68. The second kappa shape index (κ2) is 9.01. The van der Waals surface area contributed by atoms with Gasteiger partial charge in [-0.05, 0) is 43.9 Å². The molecule has 0 aliphatic carbocycles. The SMILES string of the molecule is CCNC(=NCc1ccc(F)c(C)c1)N1CCCC2(CNC(=O)C2)C1.I. The number of rotatable bonds is 3. The number of nitrogens with one attached hydrogen (secondary N) is 2. The summed E-state index contributed by atoms with van der Waals surface area (Å²) in [6.45, 7) is 7.69. The second-order valence-electron chi connectivity index (χ2n) is 7.23. The first kappa shape index (κ1) is 20.9. The highest BCUT2D eigenvalue weighted by Gasteiger charge is 2.42. The summed E-state index contributed by atoms with van der Waals surface area (Å²) in [5.74, 6) is 0.851. The summed E-state index contributed by atoms with van der Waals surface area (Å²) >= 11 is 0. The fourth-order valence-corrected chi connectivity index (χ4v) is 3.83. The van der Waals surface area contributed by atoms with Crippen LogP contribution >= 0.6 is 24.0 Å². The number of piperidine rings is 1. The quantitative estimate of drug-likeness (QED) is 0.403. The Balaban J connectivity index is 0.00000243. The monoisotopic (exact) mass is 474 g/mol. The van der Waals surface area contributed by atoms with Gasteiger partial charge in [-0.1, -0.05) is 12.1 Å². The normalized spacial score (nSPS) is 23.0. The Morgan fingerprint density at radius 2 is 2.27 bits per heavy atom. The molecule has 3 rings (SSSR count). The molecule has 2 aliphatic rings. The number of carbonyl (C=O) groups is 1. The summed E-state index contributed by atoms with van der Waals surface area (Å²) in [6, 6.07) is 5.13. The molecule has 2 fully saturated rings. The van der Waals surface area contributed by atoms with Gasteiger partial charge in [-0.25, -0.2) is 9.38 Å². The molecule has 2 saturated heterocycles. The molecule has 7 heteroatoms. The van der Waals surface area contributed by atoms with Crippen LogP contribution in [0.1, 0.15) is 37.3 Å². The van der Waals surface area contributed by atoms with Crippen LogP contribution in [0.15, 0.2) is 23.2 Å². The maximum atomic E-state index is 13.4. The van der Waals surface area contributed by atoms with E-state index in [9.17, 15) is 9.18 Å². The van der Waals surface area contributed by atoms with Crippen LogP contribution in [0.5, 0.6) is 0 Å². The molecule has 5 nitrogen and oxygen atoms in total. The number of benzene rings is 1. The van der Waals surface area contributed by atoms with E-state index in [0.29, 0.717) is 18.5 Å². The Kier molecular flexibility index (Phi) is 7.25. The molecule has 1 spiro atoms. The third kappa shape index (κ3) is 4.86. The molecule has 144 valence electrons. The largest absolute Gasteiger partial charge is 0.357 e. The molecule has 2 aliphatic heterocycles. The zero-order chi connectivity index (χ0) is 17.9. The minimum Gasteiger partial charge on any atom is -0.357 e. The van der Waals surface area contributed by atoms with Crippen molar-refractivity contribution in [2.75, 3.05) is 26.2 Å². The Morgan fingerprint density at radius 1 is 1.46 bits per heavy atom. The third-order valence-corrected chi connectivity index (χ3v) is 5.13. The molecule has 0 saturated carbocycles. The number of amides is 1. The Hall–Kier alpha value is -1.38. The van der Waals surface area contributed by atoms with Crippen molar-refractivity contribution < 1.29 is 9.18 Å². The topological polar surface area (TPSA) is 56.7 Å². The number of halogens is 2. The molecule has 0 aromatic heterocycles. The molecule has 0 radical (unpaired) electrons. The van der Waals surface area contributed by atoms with Crippen molar-refractivity contribution in [1.29, 1.82) is 0 Å². The summed E-state index contributed by atoms with van der Waals surface area (Å²) in [6.07, 6.45) is 2.76. The first-order valence-electron chi connectivity index (χ1n) is 9.06. The lowest BCUT2D eigenvalue weighted by Gasteiger charge is -2.40. The first-order valence-corrected chi connectivity index (χ1v) is 9.06. The molecule has 1 aromatic carbocycles. The van der Waals surface area contributed by atoms with E-state index < -0.39 is 0 Å². The van der Waals surface area contributed by atoms with Crippen LogP contribution in [-0.4, -0.2) is 42.9 Å². The van der Waals surface area contributed by atoms with Gasteiger partial charge >= 0.3 is 0 Å². The number of hydrogen-bond acceptors (Lipinski definition) is 2. The van der Waals surface area contributed by atoms with Crippen LogP contribution in [0.4, 0.5) is 4.39 Å². The van der Waals surface area contributed by atoms with Gasteiger partial charge in [0.25, 0.3) is 0 Å². The van der Waals surface area contributed by atoms with Crippen LogP contribution in [0.3, 0.4) is 0 Å². The van der Waals surface area contributed by atoms with Crippen LogP contribution in [0, 0.1) is 18.2 Å². The Morgan fingerprint density at radius 3 is 2.92 bits per heavy atom. The molecule has 1 aromatic rings. The van der Waals surface area contributed by atoms with E-state index in [2.05, 4.69) is 22.5 Å². The van der Waals surface area contributed by atoms with Crippen molar-refractivity contribution in [3.05, 3.63) is 35.1 Å². The number of aliphatic imine (C=N–C) groups is 1. The van der Waals surface area contributed by atoms with Crippen LogP contribution in [0.2, 0.25) is 0 Å². The van der Waals surface area contributed by atoms with E-state index >= 15 is 0 Å². The summed E-state index contributed by atoms with van der Waals surface area (Å²) < 4.78 is 13.4. The van der Waals surface area contributed by atoms with Gasteiger partial charge in [0.15, 0.2) is 5.96 Å². The third-order valence-electron chi connectivity index (χ3n) is 5.13. The van der Waals surface area contributed by atoms with Gasteiger partial charge in [-0.3, -0.25) is 4.79 Å². The van der Waals surface area contributed by atoms with Gasteiger partial charge in [0.2, 0.25) is 5.91 Å². The van der Waals surface area contributed by atoms with Gasteiger partial charge in [0.1, 0.15) is 5.82 Å². The second-order valence-corrected chi connectivity index (χ2v) is 7.23. The molecule has 1 amide bonds. The average Bonchev–Trinajstić information content (AvgIpc) is 2.94. The van der Waals surface area contributed by atoms with Crippen molar-refractivity contribution >= 4 is 35.8 Å². The van der Waals surface area contributed by atoms with Gasteiger partial charge in [-0.2, -0.15) is 0 Å². The fourth-order valence-electron chi connectivity index (χ4n) is 3.83. The highest BCUT2D eigenvalue weighted by atomic mass is 127. The predicted molar refractivity (Wildman–Crippen MR) is 112 cm³/mol. The van der Waals surface area contributed by atoms with E-state index in [4.69, 9.17) is 4.99 Å². The summed E-state index contributed by atoms with van der Waals surface area (Å²) in [4.78, 5) is 18.7. The van der Waals surface area contributed by atoms with Crippen molar-refractivity contribution in [2.24, 2.45) is 10.4 Å². The van der Waals surface area contributed by atoms with Crippen molar-refractivity contribution in [3.8, 4) is 0 Å². The molecule has 2 heterocycles. The maximum absolute atomic E-state index is 13.4. The first-order chi connectivity index (χ1) is 12.0. The Labute approximate surface area is 171 Å². The molecule has 0 bridgehead atoms. The molecule has 1 unspecified atom stereocenters. The van der Waals surface area contributed by atoms with Crippen LogP contribution in [0.25, 0.3) is 0 Å². The highest BCUT2D eigenvalue weighted by Crippen LogP contribution is 2.36. The number of aryl methyl sites for hydroxylation is 1. The summed E-state index contributed by atoms with van der Waals surface area (Å²) in [7, 11) is 0. The average molecular weight is 474 g/mol. The van der Waals surface area contributed by atoms with Gasteiger partial charge in [0, 0.05) is 38.0 Å². The number of carbonyl (C=O) groups excluding carboxylic acids is 1. The molecule has 1 atom stereocenters. The van der Waals surface area contributed by atoms with E-state index in [0.717, 1.165) is 50.5 Å². The zero-order valence-electron chi connectivity index (χ0n) is 15.5. The van der Waals surface area contributed by atoms with Gasteiger partial charge in [0.05, 0.1) is 6.54 Å². The van der Waals surface area contributed by atoms with E-state index in [1.807, 2.05) is 6.07 Å². The van der Waals surface area contributed by atoms with E-state index in [-0.39, 0.29) is 41.1 Å². The molecular weight excluding hydrogens is 446 g/mol. The number of hydrogen-bond donors (Lipinski definition) is 2. The maximum Gasteiger partial charge on any atom is 0.220 e. The van der Waals surface area contributed by atoms with Crippen molar-refractivity contribution in [2.45, 2.75) is 39.7 Å². The van der Waals surface area contributed by atoms with E-state index in [1.165, 1.54) is 6.07 Å². The van der Waals surface area contributed by atoms with Crippen LogP contribution < -0.4 is 10.6 Å². The lowest BCUT2D eigenvalue weighted by Crippen LogP contribution is -2.51. The number of nitrogens with zero attached hydrogens (tertiary/aromatic N) is 2. The van der Waals surface area contributed by atoms with E-state index in [1.54, 1.807) is 13.0 Å². The lowest BCUT2D eigenvalue weighted by molar-refractivity contribution is -0.119. The standard InChI is InChI=1S/C19H27FN4O.HI/c1-3-21-18(22-11-15-5-6-16(20)14(2)9-15)24-8-4-7-19(13-24)10-17(25)23-12-19;/h5-6,9H,3-4,7-8,10-13H2,1-2H3,(H,21,22)(H,23,25);1H. The number of likely N-dealkylation sites (tertiary alicyclic amines) is 1. The number of guanidine groups is 1. The van der Waals surface area contributed by atoms with Crippen molar-refractivity contribution in [3.63, 3.8) is 0 Å². The van der Waals surface area contributed by atoms with Crippen molar-refractivity contribution in [1.82, 2.24) is 15.5 Å². The lowest BCUT2D eigenvalue weighted by atomic mass is 9.79. The smallest absolute Gasteiger partial charge is 0.220 e. The minimum atomic E-state index is -0.184. The molecule has 2 N–H and O–H groups in total. The zero-order valence-corrected chi connectivity index (χ0v) is 17.8. The molecule has 26 heavy (non-hydrogen) atoms. The van der Waals surface area contributed by atoms with Gasteiger partial charge < -0.3 is 15.5 Å². The minimum absolute atomic E-state index is 0.